The smallest absolute Gasteiger partial charge is 0.0703 e. The molecule has 0 radical (unpaired) electrons. The molecule has 0 N–H and O–H groups in total. The standard InChI is InChI=1S/C14H22N2O/c1-12-5-9-16(15-12)13-6-10-17-14(11-13)7-3-2-4-8-14/h5,9,13H,2-4,6-8,10-11H2,1H3. The van der Waals surface area contributed by atoms with Crippen molar-refractivity contribution < 1.29 is 4.74 Å². The minimum atomic E-state index is 0.182. The van der Waals surface area contributed by atoms with Gasteiger partial charge in [0.15, 0.2) is 0 Å². The average Bonchev–Trinajstić information content (AvgIpc) is 2.77. The summed E-state index contributed by atoms with van der Waals surface area (Å²) in [7, 11) is 0. The summed E-state index contributed by atoms with van der Waals surface area (Å²) < 4.78 is 8.28. The molecule has 3 rings (SSSR count). The first-order chi connectivity index (χ1) is 8.27. The molecule has 1 aromatic rings. The lowest BCUT2D eigenvalue weighted by atomic mass is 9.78. The molecule has 2 heterocycles. The van der Waals surface area contributed by atoms with E-state index in [2.05, 4.69) is 29.0 Å². The van der Waals surface area contributed by atoms with Crippen LogP contribution in [0.5, 0.6) is 0 Å². The molecule has 94 valence electrons. The molecule has 2 aliphatic rings. The Bertz CT molecular complexity index is 374. The largest absolute Gasteiger partial charge is 0.375 e. The summed E-state index contributed by atoms with van der Waals surface area (Å²) in [4.78, 5) is 0. The average molecular weight is 234 g/mol. The number of ether oxygens (including phenoxy) is 1. The van der Waals surface area contributed by atoms with Crippen LogP contribution in [0.15, 0.2) is 12.3 Å². The van der Waals surface area contributed by atoms with Crippen molar-refractivity contribution in [2.24, 2.45) is 0 Å². The summed E-state index contributed by atoms with van der Waals surface area (Å²) in [6, 6.07) is 2.65. The molecule has 0 amide bonds. The van der Waals surface area contributed by atoms with Crippen molar-refractivity contribution in [3.05, 3.63) is 18.0 Å². The van der Waals surface area contributed by atoms with Gasteiger partial charge in [-0.2, -0.15) is 5.10 Å². The summed E-state index contributed by atoms with van der Waals surface area (Å²) >= 11 is 0. The van der Waals surface area contributed by atoms with E-state index in [1.807, 2.05) is 0 Å². The Kier molecular flexibility index (Phi) is 2.95. The van der Waals surface area contributed by atoms with Gasteiger partial charge in [0.05, 0.1) is 17.3 Å². The summed E-state index contributed by atoms with van der Waals surface area (Å²) in [5, 5.41) is 4.57. The Morgan fingerprint density at radius 1 is 1.35 bits per heavy atom. The van der Waals surface area contributed by atoms with Crippen molar-refractivity contribution in [1.82, 2.24) is 9.78 Å². The third-order valence-electron chi connectivity index (χ3n) is 4.35. The molecule has 3 heteroatoms. The van der Waals surface area contributed by atoms with E-state index in [0.717, 1.165) is 25.1 Å². The van der Waals surface area contributed by atoms with Gasteiger partial charge in [-0.25, -0.2) is 0 Å². The van der Waals surface area contributed by atoms with Gasteiger partial charge in [-0.1, -0.05) is 19.3 Å². The first-order valence-electron chi connectivity index (χ1n) is 6.93. The highest BCUT2D eigenvalue weighted by atomic mass is 16.5. The SMILES string of the molecule is Cc1ccn(C2CCOC3(CCCCC3)C2)n1. The highest BCUT2D eigenvalue weighted by molar-refractivity contribution is 4.98. The number of rotatable bonds is 1. The topological polar surface area (TPSA) is 27.1 Å². The predicted octanol–water partition coefficient (Wildman–Crippen LogP) is 3.25. The number of hydrogen-bond donors (Lipinski definition) is 0. The van der Waals surface area contributed by atoms with Crippen LogP contribution in [0.25, 0.3) is 0 Å². The van der Waals surface area contributed by atoms with E-state index in [4.69, 9.17) is 4.74 Å². The van der Waals surface area contributed by atoms with Crippen LogP contribution in [0.4, 0.5) is 0 Å². The zero-order valence-corrected chi connectivity index (χ0v) is 10.7. The fourth-order valence-electron chi connectivity index (χ4n) is 3.41. The van der Waals surface area contributed by atoms with E-state index < -0.39 is 0 Å². The molecular weight excluding hydrogens is 212 g/mol. The summed E-state index contributed by atoms with van der Waals surface area (Å²) in [5.74, 6) is 0. The van der Waals surface area contributed by atoms with Crippen LogP contribution in [-0.4, -0.2) is 22.0 Å². The molecule has 0 bridgehead atoms. The predicted molar refractivity (Wildman–Crippen MR) is 67.0 cm³/mol. The zero-order chi connectivity index (χ0) is 11.7. The van der Waals surface area contributed by atoms with Gasteiger partial charge >= 0.3 is 0 Å². The van der Waals surface area contributed by atoms with Gasteiger partial charge in [-0.15, -0.1) is 0 Å². The quantitative estimate of drug-likeness (QED) is 0.746. The van der Waals surface area contributed by atoms with Crippen LogP contribution in [0.2, 0.25) is 0 Å². The second-order valence-electron chi connectivity index (χ2n) is 5.68. The monoisotopic (exact) mass is 234 g/mol. The van der Waals surface area contributed by atoms with E-state index in [1.54, 1.807) is 0 Å². The maximum absolute atomic E-state index is 6.12. The first-order valence-corrected chi connectivity index (χ1v) is 6.93. The lowest BCUT2D eigenvalue weighted by Crippen LogP contribution is -2.42. The van der Waals surface area contributed by atoms with E-state index >= 15 is 0 Å². The van der Waals surface area contributed by atoms with Crippen LogP contribution < -0.4 is 0 Å². The minimum absolute atomic E-state index is 0.182. The molecule has 1 saturated carbocycles. The molecule has 1 aromatic heterocycles. The third kappa shape index (κ3) is 2.25. The normalized spacial score (nSPS) is 28.4. The number of aromatic nitrogens is 2. The van der Waals surface area contributed by atoms with Gasteiger partial charge in [-0.05, 0) is 38.7 Å². The maximum atomic E-state index is 6.12. The highest BCUT2D eigenvalue weighted by Gasteiger charge is 2.39. The Morgan fingerprint density at radius 3 is 2.88 bits per heavy atom. The Labute approximate surface area is 103 Å². The lowest BCUT2D eigenvalue weighted by molar-refractivity contribution is -0.115. The number of aryl methyl sites for hydroxylation is 1. The minimum Gasteiger partial charge on any atom is -0.375 e. The van der Waals surface area contributed by atoms with Crippen LogP contribution in [-0.2, 0) is 4.74 Å². The van der Waals surface area contributed by atoms with Gasteiger partial charge in [-0.3, -0.25) is 4.68 Å². The van der Waals surface area contributed by atoms with Crippen LogP contribution in [0.3, 0.4) is 0 Å². The van der Waals surface area contributed by atoms with Crippen molar-refractivity contribution in [2.45, 2.75) is 63.5 Å². The molecule has 17 heavy (non-hydrogen) atoms. The Balaban J connectivity index is 1.74. The van der Waals surface area contributed by atoms with Crippen molar-refractivity contribution in [3.8, 4) is 0 Å². The van der Waals surface area contributed by atoms with Crippen molar-refractivity contribution >= 4 is 0 Å². The van der Waals surface area contributed by atoms with Crippen molar-refractivity contribution in [2.75, 3.05) is 6.61 Å². The summed E-state index contributed by atoms with van der Waals surface area (Å²) in [5.41, 5.74) is 1.30. The molecule has 3 nitrogen and oxygen atoms in total. The van der Waals surface area contributed by atoms with Gasteiger partial charge in [0.25, 0.3) is 0 Å². The summed E-state index contributed by atoms with van der Waals surface area (Å²) in [6.45, 7) is 2.97. The molecule has 0 aromatic carbocycles. The fraction of sp³-hybridized carbons (Fsp3) is 0.786. The van der Waals surface area contributed by atoms with Gasteiger partial charge < -0.3 is 4.74 Å². The number of nitrogens with zero attached hydrogens (tertiary/aromatic N) is 2. The second kappa shape index (κ2) is 4.45. The van der Waals surface area contributed by atoms with E-state index in [1.165, 1.54) is 32.1 Å². The first kappa shape index (κ1) is 11.3. The summed E-state index contributed by atoms with van der Waals surface area (Å²) in [6.07, 6.45) is 11.0. The molecule has 1 unspecified atom stereocenters. The fourth-order valence-corrected chi connectivity index (χ4v) is 3.41. The molecule has 1 aliphatic carbocycles. The third-order valence-corrected chi connectivity index (χ3v) is 4.35. The van der Waals surface area contributed by atoms with Crippen molar-refractivity contribution in [3.63, 3.8) is 0 Å². The van der Waals surface area contributed by atoms with Crippen LogP contribution in [0.1, 0.15) is 56.7 Å². The van der Waals surface area contributed by atoms with Crippen molar-refractivity contribution in [1.29, 1.82) is 0 Å². The molecular formula is C14H22N2O. The maximum Gasteiger partial charge on any atom is 0.0703 e. The number of hydrogen-bond acceptors (Lipinski definition) is 2. The highest BCUT2D eigenvalue weighted by Crippen LogP contribution is 2.41. The molecule has 2 fully saturated rings. The van der Waals surface area contributed by atoms with Crippen LogP contribution >= 0.6 is 0 Å². The van der Waals surface area contributed by atoms with Gasteiger partial charge in [0.2, 0.25) is 0 Å². The molecule has 1 aliphatic heterocycles. The second-order valence-corrected chi connectivity index (χ2v) is 5.68. The molecule has 1 spiro atoms. The Morgan fingerprint density at radius 2 is 2.18 bits per heavy atom. The van der Waals surface area contributed by atoms with E-state index in [-0.39, 0.29) is 5.60 Å². The Hall–Kier alpha value is -0.830. The van der Waals surface area contributed by atoms with E-state index in [0.29, 0.717) is 6.04 Å². The molecule has 1 atom stereocenters. The molecule has 1 saturated heterocycles. The van der Waals surface area contributed by atoms with Gasteiger partial charge in [0, 0.05) is 12.8 Å². The zero-order valence-electron chi connectivity index (χ0n) is 10.7. The van der Waals surface area contributed by atoms with E-state index in [9.17, 15) is 0 Å². The lowest BCUT2D eigenvalue weighted by Gasteiger charge is -2.43. The van der Waals surface area contributed by atoms with Crippen LogP contribution in [0, 0.1) is 6.92 Å². The van der Waals surface area contributed by atoms with Gasteiger partial charge in [0.1, 0.15) is 0 Å².